The predicted octanol–water partition coefficient (Wildman–Crippen LogP) is 1.78. The number of benzene rings is 1. The summed E-state index contributed by atoms with van der Waals surface area (Å²) in [6.45, 7) is 2.92. The van der Waals surface area contributed by atoms with Crippen LogP contribution in [0.5, 0.6) is 0 Å². The van der Waals surface area contributed by atoms with Crippen molar-refractivity contribution in [3.63, 3.8) is 0 Å². The summed E-state index contributed by atoms with van der Waals surface area (Å²) >= 11 is 5.80. The Balaban J connectivity index is 1.70. The molecule has 2 rings (SSSR count). The van der Waals surface area contributed by atoms with E-state index >= 15 is 0 Å². The molecule has 0 bridgehead atoms. The van der Waals surface area contributed by atoms with E-state index < -0.39 is 10.0 Å². The van der Waals surface area contributed by atoms with Crippen LogP contribution in [0, 0.1) is 0 Å². The van der Waals surface area contributed by atoms with Gasteiger partial charge in [0.05, 0.1) is 11.0 Å². The minimum Gasteiger partial charge on any atom is -0.378 e. The molecule has 1 aliphatic heterocycles. The maximum Gasteiger partial charge on any atom is 0.240 e. The number of hydrogen-bond acceptors (Lipinski definition) is 4. The lowest BCUT2D eigenvalue weighted by Crippen LogP contribution is -2.33. The third-order valence-electron chi connectivity index (χ3n) is 3.36. The fourth-order valence-corrected chi connectivity index (χ4v) is 3.58. The third kappa shape index (κ3) is 5.56. The Bertz CT molecular complexity index is 545. The fourth-order valence-electron chi connectivity index (χ4n) is 2.21. The molecule has 0 spiro atoms. The van der Waals surface area contributed by atoms with Gasteiger partial charge in [-0.3, -0.25) is 0 Å². The van der Waals surface area contributed by atoms with E-state index in [2.05, 4.69) is 10.0 Å². The van der Waals surface area contributed by atoms with Gasteiger partial charge in [-0.2, -0.15) is 0 Å². The van der Waals surface area contributed by atoms with Crippen LogP contribution in [0.1, 0.15) is 19.3 Å². The van der Waals surface area contributed by atoms with Crippen molar-refractivity contribution >= 4 is 21.6 Å². The second-order valence-electron chi connectivity index (χ2n) is 5.03. The van der Waals surface area contributed by atoms with E-state index in [0.29, 0.717) is 30.7 Å². The van der Waals surface area contributed by atoms with Gasteiger partial charge in [0.25, 0.3) is 0 Å². The van der Waals surface area contributed by atoms with Crippen LogP contribution in [0.2, 0.25) is 5.02 Å². The van der Waals surface area contributed by atoms with E-state index in [-0.39, 0.29) is 4.90 Å². The number of piperidine rings is 1. The molecule has 1 aromatic rings. The SMILES string of the molecule is O=S(=O)(NCCCOC1CCNCC1)c1cccc(Cl)c1. The lowest BCUT2D eigenvalue weighted by molar-refractivity contribution is 0.0322. The van der Waals surface area contributed by atoms with Gasteiger partial charge in [-0.05, 0) is 50.6 Å². The molecular weight excluding hydrogens is 312 g/mol. The quantitative estimate of drug-likeness (QED) is 0.747. The monoisotopic (exact) mass is 332 g/mol. The summed E-state index contributed by atoms with van der Waals surface area (Å²) in [5.41, 5.74) is 0. The van der Waals surface area contributed by atoms with Gasteiger partial charge < -0.3 is 10.1 Å². The van der Waals surface area contributed by atoms with Crippen LogP contribution in [0.4, 0.5) is 0 Å². The molecule has 7 heteroatoms. The van der Waals surface area contributed by atoms with Crippen LogP contribution in [0.15, 0.2) is 29.2 Å². The summed E-state index contributed by atoms with van der Waals surface area (Å²) in [5.74, 6) is 0. The molecule has 5 nitrogen and oxygen atoms in total. The lowest BCUT2D eigenvalue weighted by Gasteiger charge is -2.22. The number of ether oxygens (including phenoxy) is 1. The number of halogens is 1. The van der Waals surface area contributed by atoms with Crippen LogP contribution in [0.25, 0.3) is 0 Å². The molecule has 118 valence electrons. The Morgan fingerprint density at radius 3 is 2.81 bits per heavy atom. The van der Waals surface area contributed by atoms with E-state index in [9.17, 15) is 8.42 Å². The second kappa shape index (κ2) is 8.10. The summed E-state index contributed by atoms with van der Waals surface area (Å²) < 4.78 is 32.3. The van der Waals surface area contributed by atoms with Gasteiger partial charge in [0, 0.05) is 18.2 Å². The average molecular weight is 333 g/mol. The van der Waals surface area contributed by atoms with Crippen molar-refractivity contribution in [3.8, 4) is 0 Å². The lowest BCUT2D eigenvalue weighted by atomic mass is 10.1. The van der Waals surface area contributed by atoms with E-state index in [0.717, 1.165) is 25.9 Å². The van der Waals surface area contributed by atoms with Crippen molar-refractivity contribution in [2.24, 2.45) is 0 Å². The first-order chi connectivity index (χ1) is 10.1. The van der Waals surface area contributed by atoms with Gasteiger partial charge in [-0.25, -0.2) is 13.1 Å². The highest BCUT2D eigenvalue weighted by molar-refractivity contribution is 7.89. The number of nitrogens with one attached hydrogen (secondary N) is 2. The molecule has 2 N–H and O–H groups in total. The van der Waals surface area contributed by atoms with E-state index in [1.54, 1.807) is 12.1 Å². The fraction of sp³-hybridized carbons (Fsp3) is 0.571. The Morgan fingerprint density at radius 1 is 1.33 bits per heavy atom. The Kier molecular flexibility index (Phi) is 6.44. The Morgan fingerprint density at radius 2 is 2.10 bits per heavy atom. The van der Waals surface area contributed by atoms with Crippen molar-refractivity contribution in [3.05, 3.63) is 29.3 Å². The smallest absolute Gasteiger partial charge is 0.240 e. The molecule has 0 aliphatic carbocycles. The van der Waals surface area contributed by atoms with Crippen molar-refractivity contribution < 1.29 is 13.2 Å². The van der Waals surface area contributed by atoms with Crippen LogP contribution in [0.3, 0.4) is 0 Å². The van der Waals surface area contributed by atoms with Crippen molar-refractivity contribution in [1.82, 2.24) is 10.0 Å². The number of hydrogen-bond donors (Lipinski definition) is 2. The molecule has 0 amide bonds. The van der Waals surface area contributed by atoms with Crippen molar-refractivity contribution in [1.29, 1.82) is 0 Å². The summed E-state index contributed by atoms with van der Waals surface area (Å²) in [4.78, 5) is 0.189. The molecular formula is C14H21ClN2O3S. The van der Waals surface area contributed by atoms with Gasteiger partial charge in [0.2, 0.25) is 10.0 Å². The summed E-state index contributed by atoms with van der Waals surface area (Å²) in [7, 11) is -3.49. The zero-order valence-corrected chi connectivity index (χ0v) is 13.4. The molecule has 0 saturated carbocycles. The normalized spacial score (nSPS) is 17.0. The molecule has 1 aliphatic rings. The number of rotatable bonds is 7. The Labute approximate surface area is 131 Å². The molecule has 0 radical (unpaired) electrons. The van der Waals surface area contributed by atoms with E-state index in [4.69, 9.17) is 16.3 Å². The largest absolute Gasteiger partial charge is 0.378 e. The first-order valence-electron chi connectivity index (χ1n) is 7.15. The molecule has 0 atom stereocenters. The standard InChI is InChI=1S/C14H21ClN2O3S/c15-12-3-1-4-14(11-12)21(18,19)17-7-2-10-20-13-5-8-16-9-6-13/h1,3-4,11,13,16-17H,2,5-10H2. The molecule has 21 heavy (non-hydrogen) atoms. The highest BCUT2D eigenvalue weighted by Crippen LogP contribution is 2.15. The maximum atomic E-state index is 12.0. The zero-order chi connectivity index (χ0) is 15.1. The Hall–Kier alpha value is -0.660. The van der Waals surface area contributed by atoms with Gasteiger partial charge in [-0.1, -0.05) is 17.7 Å². The summed E-state index contributed by atoms with van der Waals surface area (Å²) in [5, 5.41) is 3.69. The van der Waals surface area contributed by atoms with Crippen LogP contribution < -0.4 is 10.0 Å². The minimum absolute atomic E-state index is 0.189. The summed E-state index contributed by atoms with van der Waals surface area (Å²) in [6.07, 6.45) is 3.00. The number of sulfonamides is 1. The first kappa shape index (κ1) is 16.7. The molecule has 0 aromatic heterocycles. The highest BCUT2D eigenvalue weighted by atomic mass is 35.5. The third-order valence-corrected chi connectivity index (χ3v) is 5.05. The molecule has 1 saturated heterocycles. The van der Waals surface area contributed by atoms with E-state index in [1.807, 2.05) is 0 Å². The first-order valence-corrected chi connectivity index (χ1v) is 9.01. The van der Waals surface area contributed by atoms with Crippen molar-refractivity contribution in [2.45, 2.75) is 30.3 Å². The molecule has 1 heterocycles. The van der Waals surface area contributed by atoms with Gasteiger partial charge in [-0.15, -0.1) is 0 Å². The molecule has 1 fully saturated rings. The van der Waals surface area contributed by atoms with Gasteiger partial charge >= 0.3 is 0 Å². The van der Waals surface area contributed by atoms with Crippen LogP contribution in [-0.4, -0.2) is 40.8 Å². The van der Waals surface area contributed by atoms with Gasteiger partial charge in [0.1, 0.15) is 0 Å². The summed E-state index contributed by atoms with van der Waals surface area (Å²) in [6, 6.07) is 6.24. The predicted molar refractivity (Wildman–Crippen MR) is 83.1 cm³/mol. The maximum absolute atomic E-state index is 12.0. The van der Waals surface area contributed by atoms with Crippen LogP contribution in [-0.2, 0) is 14.8 Å². The second-order valence-corrected chi connectivity index (χ2v) is 7.23. The van der Waals surface area contributed by atoms with E-state index in [1.165, 1.54) is 12.1 Å². The average Bonchev–Trinajstić information content (AvgIpc) is 2.48. The van der Waals surface area contributed by atoms with Crippen LogP contribution >= 0.6 is 11.6 Å². The highest BCUT2D eigenvalue weighted by Gasteiger charge is 2.15. The zero-order valence-electron chi connectivity index (χ0n) is 11.8. The van der Waals surface area contributed by atoms with Gasteiger partial charge in [0.15, 0.2) is 0 Å². The molecule has 1 aromatic carbocycles. The molecule has 0 unspecified atom stereocenters. The van der Waals surface area contributed by atoms with Crippen molar-refractivity contribution in [2.75, 3.05) is 26.2 Å². The topological polar surface area (TPSA) is 67.4 Å². The minimum atomic E-state index is -3.49.